The Kier molecular flexibility index (Phi) is 4.33. The van der Waals surface area contributed by atoms with E-state index in [2.05, 4.69) is 43.8 Å². The van der Waals surface area contributed by atoms with Crippen LogP contribution in [0.4, 0.5) is 14.5 Å². The summed E-state index contributed by atoms with van der Waals surface area (Å²) in [5, 5.41) is 4.07. The fourth-order valence-corrected chi connectivity index (χ4v) is 2.91. The minimum absolute atomic E-state index is 0.0607. The quantitative estimate of drug-likeness (QED) is 0.531. The topological polar surface area (TPSA) is 29.1 Å². The van der Waals surface area contributed by atoms with Crippen LogP contribution >= 0.6 is 49.9 Å². The van der Waals surface area contributed by atoms with Crippen molar-refractivity contribution in [2.75, 3.05) is 5.32 Å². The maximum absolute atomic E-state index is 13.4. The molecule has 0 saturated heterocycles. The number of carbonyl (C=O) groups is 1. The lowest BCUT2D eigenvalue weighted by Gasteiger charge is -2.06. The van der Waals surface area contributed by atoms with Crippen molar-refractivity contribution < 1.29 is 13.6 Å². The fourth-order valence-electron chi connectivity index (χ4n) is 1.24. The van der Waals surface area contributed by atoms with Crippen LogP contribution in [0.1, 0.15) is 10.4 Å². The second-order valence-corrected chi connectivity index (χ2v) is 7.00. The molecular weight excluding hydrogens is 439 g/mol. The second-order valence-electron chi connectivity index (χ2n) is 3.34. The van der Waals surface area contributed by atoms with Crippen LogP contribution in [0.2, 0.25) is 0 Å². The van der Waals surface area contributed by atoms with Gasteiger partial charge in [0.25, 0.3) is 5.91 Å². The summed E-state index contributed by atoms with van der Waals surface area (Å²) in [7, 11) is 0. The first-order chi connectivity index (χ1) is 8.47. The summed E-state index contributed by atoms with van der Waals surface area (Å²) in [6.45, 7) is 0. The van der Waals surface area contributed by atoms with E-state index in [4.69, 9.17) is 0 Å². The molecule has 0 aliphatic heterocycles. The Labute approximate surface area is 128 Å². The average molecular weight is 444 g/mol. The van der Waals surface area contributed by atoms with Crippen molar-refractivity contribution in [3.63, 3.8) is 0 Å². The molecule has 0 bridgehead atoms. The summed E-state index contributed by atoms with van der Waals surface area (Å²) in [5.41, 5.74) is 0.388. The van der Waals surface area contributed by atoms with Gasteiger partial charge in [0.05, 0.1) is 18.6 Å². The number of anilines is 1. The minimum atomic E-state index is -0.811. The van der Waals surface area contributed by atoms with E-state index in [0.29, 0.717) is 5.56 Å². The van der Waals surface area contributed by atoms with E-state index in [1.807, 2.05) is 0 Å². The number of hydrogen-bond donors (Lipinski definition) is 1. The van der Waals surface area contributed by atoms with Gasteiger partial charge in [0.2, 0.25) is 0 Å². The summed E-state index contributed by atoms with van der Waals surface area (Å²) < 4.78 is 27.5. The Morgan fingerprint density at radius 3 is 2.61 bits per heavy atom. The zero-order chi connectivity index (χ0) is 13.3. The van der Waals surface area contributed by atoms with E-state index in [1.54, 1.807) is 11.4 Å². The van der Waals surface area contributed by atoms with Crippen molar-refractivity contribution in [1.29, 1.82) is 0 Å². The zero-order valence-corrected chi connectivity index (χ0v) is 13.2. The van der Waals surface area contributed by atoms with Crippen molar-refractivity contribution in [2.24, 2.45) is 0 Å². The van der Waals surface area contributed by atoms with E-state index in [-0.39, 0.29) is 10.2 Å². The average Bonchev–Trinajstić information content (AvgIpc) is 2.73. The van der Waals surface area contributed by atoms with E-state index in [1.165, 1.54) is 17.4 Å². The van der Waals surface area contributed by atoms with Gasteiger partial charge in [0, 0.05) is 11.4 Å². The van der Waals surface area contributed by atoms with Gasteiger partial charge in [0.15, 0.2) is 0 Å². The summed E-state index contributed by atoms with van der Waals surface area (Å²) in [6.07, 6.45) is 0. The second kappa shape index (κ2) is 5.62. The molecule has 1 aromatic carbocycles. The molecule has 94 valence electrons. The molecule has 2 rings (SSSR count). The van der Waals surface area contributed by atoms with Crippen molar-refractivity contribution >= 4 is 61.5 Å². The van der Waals surface area contributed by atoms with Crippen LogP contribution < -0.4 is 5.32 Å². The van der Waals surface area contributed by atoms with Crippen LogP contribution in [0.25, 0.3) is 0 Å². The van der Waals surface area contributed by atoms with E-state index >= 15 is 0 Å². The van der Waals surface area contributed by atoms with Crippen molar-refractivity contribution in [3.8, 4) is 0 Å². The number of rotatable bonds is 2. The summed E-state index contributed by atoms with van der Waals surface area (Å²) in [6, 6.07) is 3.61. The molecule has 1 heterocycles. The molecule has 0 aliphatic carbocycles. The molecule has 1 aromatic heterocycles. The lowest BCUT2D eigenvalue weighted by atomic mass is 10.2. The molecule has 7 heteroatoms. The third-order valence-corrected chi connectivity index (χ3v) is 4.48. The highest BCUT2D eigenvalue weighted by Gasteiger charge is 2.13. The lowest BCUT2D eigenvalue weighted by Crippen LogP contribution is -2.12. The molecule has 0 unspecified atom stereocenters. The van der Waals surface area contributed by atoms with Gasteiger partial charge in [-0.25, -0.2) is 8.78 Å². The van der Waals surface area contributed by atoms with Gasteiger partial charge in [-0.1, -0.05) is 0 Å². The first-order valence-corrected chi connectivity index (χ1v) is 7.42. The number of amides is 1. The Morgan fingerprint density at radius 1 is 1.28 bits per heavy atom. The van der Waals surface area contributed by atoms with Crippen molar-refractivity contribution in [1.82, 2.24) is 0 Å². The van der Waals surface area contributed by atoms with Gasteiger partial charge in [-0.3, -0.25) is 4.79 Å². The van der Waals surface area contributed by atoms with Gasteiger partial charge in [-0.2, -0.15) is 0 Å². The largest absolute Gasteiger partial charge is 0.319 e. The molecule has 0 aliphatic rings. The Hall–Kier alpha value is -0.540. The van der Waals surface area contributed by atoms with E-state index in [0.717, 1.165) is 8.95 Å². The molecule has 0 saturated carbocycles. The first kappa shape index (κ1) is 13.9. The standard InChI is InChI=1S/C11H5BrF2INOS/c12-6-2-9(8(14)3-7(6)13)16-11(17)5-1-10(15)18-4-5/h1-4H,(H,16,17). The SMILES string of the molecule is O=C(Nc1cc(Br)c(F)cc1F)c1csc(I)c1. The first-order valence-electron chi connectivity index (χ1n) is 4.67. The van der Waals surface area contributed by atoms with Gasteiger partial charge < -0.3 is 5.32 Å². The monoisotopic (exact) mass is 443 g/mol. The van der Waals surface area contributed by atoms with Gasteiger partial charge >= 0.3 is 0 Å². The van der Waals surface area contributed by atoms with Crippen LogP contribution in [0.3, 0.4) is 0 Å². The van der Waals surface area contributed by atoms with E-state index < -0.39 is 17.5 Å². The number of carbonyl (C=O) groups excluding carboxylic acids is 1. The van der Waals surface area contributed by atoms with E-state index in [9.17, 15) is 13.6 Å². The molecule has 1 N–H and O–H groups in total. The highest BCUT2D eigenvalue weighted by Crippen LogP contribution is 2.25. The van der Waals surface area contributed by atoms with Crippen molar-refractivity contribution in [2.45, 2.75) is 0 Å². The number of nitrogens with one attached hydrogen (secondary N) is 1. The normalized spacial score (nSPS) is 10.4. The van der Waals surface area contributed by atoms with Crippen LogP contribution in [0, 0.1) is 14.5 Å². The van der Waals surface area contributed by atoms with Gasteiger partial charge in [-0.15, -0.1) is 11.3 Å². The number of halogens is 4. The Bertz CT molecular complexity index is 617. The minimum Gasteiger partial charge on any atom is -0.319 e. The maximum atomic E-state index is 13.4. The molecule has 2 aromatic rings. The molecule has 0 atom stereocenters. The number of benzene rings is 1. The van der Waals surface area contributed by atoms with Crippen LogP contribution in [-0.4, -0.2) is 5.91 Å². The summed E-state index contributed by atoms with van der Waals surface area (Å²) in [5.74, 6) is -1.95. The van der Waals surface area contributed by atoms with Crippen LogP contribution in [-0.2, 0) is 0 Å². The molecule has 0 fully saturated rings. The highest BCUT2D eigenvalue weighted by molar-refractivity contribution is 14.1. The van der Waals surface area contributed by atoms with Crippen LogP contribution in [0.5, 0.6) is 0 Å². The smallest absolute Gasteiger partial charge is 0.256 e. The third kappa shape index (κ3) is 3.07. The van der Waals surface area contributed by atoms with Gasteiger partial charge in [-0.05, 0) is 50.7 Å². The highest BCUT2D eigenvalue weighted by atomic mass is 127. The summed E-state index contributed by atoms with van der Waals surface area (Å²) >= 11 is 6.44. The third-order valence-electron chi connectivity index (χ3n) is 2.09. The zero-order valence-electron chi connectivity index (χ0n) is 8.64. The molecule has 18 heavy (non-hydrogen) atoms. The molecular formula is C11H5BrF2INOS. The Balaban J connectivity index is 2.24. The van der Waals surface area contributed by atoms with Gasteiger partial charge in [0.1, 0.15) is 11.6 Å². The molecule has 1 amide bonds. The molecule has 0 spiro atoms. The van der Waals surface area contributed by atoms with Crippen LogP contribution in [0.15, 0.2) is 28.1 Å². The Morgan fingerprint density at radius 2 is 2.00 bits per heavy atom. The number of thiophene rings is 1. The molecule has 2 nitrogen and oxygen atoms in total. The molecule has 0 radical (unpaired) electrons. The maximum Gasteiger partial charge on any atom is 0.256 e. The number of hydrogen-bond acceptors (Lipinski definition) is 2. The lowest BCUT2D eigenvalue weighted by molar-refractivity contribution is 0.102. The predicted octanol–water partition coefficient (Wildman–Crippen LogP) is 4.65. The summed E-state index contributed by atoms with van der Waals surface area (Å²) in [4.78, 5) is 11.8. The predicted molar refractivity (Wildman–Crippen MR) is 79.0 cm³/mol. The fraction of sp³-hybridized carbons (Fsp3) is 0. The van der Waals surface area contributed by atoms with Crippen molar-refractivity contribution in [3.05, 3.63) is 48.1 Å².